The molecule has 2 bridgehead atoms. The topological polar surface area (TPSA) is 113 Å². The Labute approximate surface area is 239 Å². The van der Waals surface area contributed by atoms with E-state index in [1.807, 2.05) is 0 Å². The number of fused-ring (bicyclic) bond motifs is 2. The number of nitrogens with zero attached hydrogens (tertiary/aromatic N) is 1. The molecule has 0 amide bonds. The minimum atomic E-state index is -3.82. The minimum Gasteiger partial charge on any atom is -0.495 e. The number of nitrogens with one attached hydrogen (secondary N) is 1. The van der Waals surface area contributed by atoms with Crippen LogP contribution in [0, 0.1) is 11.8 Å². The number of methoxy groups -OCH3 is 1. The first-order chi connectivity index (χ1) is 18.1. The van der Waals surface area contributed by atoms with Gasteiger partial charge in [-0.3, -0.25) is 0 Å². The maximum atomic E-state index is 13.3. The highest BCUT2D eigenvalue weighted by atomic mass is 79.9. The van der Waals surface area contributed by atoms with Crippen LogP contribution in [0.25, 0.3) is 0 Å². The highest BCUT2D eigenvalue weighted by Crippen LogP contribution is 2.45. The lowest BCUT2D eigenvalue weighted by Crippen LogP contribution is -2.38. The molecule has 2 saturated carbocycles. The van der Waals surface area contributed by atoms with Gasteiger partial charge >= 0.3 is 5.97 Å². The summed E-state index contributed by atoms with van der Waals surface area (Å²) in [6, 6.07) is 8.14. The lowest BCUT2D eigenvalue weighted by molar-refractivity contribution is -0.155. The first-order valence-corrected chi connectivity index (χ1v) is 15.4. The average Bonchev–Trinajstić information content (AvgIpc) is 3.49. The van der Waals surface area contributed by atoms with E-state index in [0.717, 1.165) is 19.3 Å². The van der Waals surface area contributed by atoms with Crippen LogP contribution in [0.5, 0.6) is 17.2 Å². The quantitative estimate of drug-likeness (QED) is 0.183. The van der Waals surface area contributed by atoms with Crippen molar-refractivity contribution in [1.82, 2.24) is 4.72 Å². The van der Waals surface area contributed by atoms with Crippen molar-refractivity contribution in [2.75, 3.05) is 13.7 Å². The molecule has 0 aromatic heterocycles. The van der Waals surface area contributed by atoms with Gasteiger partial charge in [-0.15, -0.1) is 0 Å². The van der Waals surface area contributed by atoms with Crippen molar-refractivity contribution < 1.29 is 32.3 Å². The van der Waals surface area contributed by atoms with Crippen LogP contribution in [-0.4, -0.2) is 46.5 Å². The number of sulfonamides is 1. The molecular weight excluding hydrogens is 644 g/mol. The van der Waals surface area contributed by atoms with Gasteiger partial charge in [0, 0.05) is 12.1 Å². The summed E-state index contributed by atoms with van der Waals surface area (Å²) < 4.78 is 47.1. The summed E-state index contributed by atoms with van der Waals surface area (Å²) >= 11 is 6.99. The predicted molar refractivity (Wildman–Crippen MR) is 149 cm³/mol. The number of rotatable bonds is 11. The summed E-state index contributed by atoms with van der Waals surface area (Å²) in [5.41, 5.74) is 0.667. The van der Waals surface area contributed by atoms with E-state index in [2.05, 4.69) is 41.7 Å². The number of benzene rings is 2. The van der Waals surface area contributed by atoms with Gasteiger partial charge in [0.15, 0.2) is 5.75 Å². The van der Waals surface area contributed by atoms with E-state index in [9.17, 15) is 13.2 Å². The Morgan fingerprint density at radius 2 is 1.92 bits per heavy atom. The Kier molecular flexibility index (Phi) is 9.38. The molecule has 2 aromatic carbocycles. The molecular formula is C26H30Br2N2O7S. The van der Waals surface area contributed by atoms with Gasteiger partial charge in [-0.25, -0.2) is 17.9 Å². The number of carbonyl (C=O) groups is 1. The second-order valence-corrected chi connectivity index (χ2v) is 12.8. The van der Waals surface area contributed by atoms with Gasteiger partial charge < -0.3 is 19.0 Å². The van der Waals surface area contributed by atoms with Crippen molar-refractivity contribution in [3.63, 3.8) is 0 Å². The molecule has 0 aliphatic heterocycles. The summed E-state index contributed by atoms with van der Waals surface area (Å²) in [4.78, 5) is 16.8. The first-order valence-electron chi connectivity index (χ1n) is 12.3. The number of hydrogen-bond donors (Lipinski definition) is 1. The standard InChI is InChI=1S/C26H30Br2N2O7S/c1-4-35-26(31)15(2)37-29-14-17-10-20(27)25(21(28)11-17)36-19-7-8-23(34-3)24(13-19)38(32,33)30-22-12-16-5-6-18(22)9-16/h7-8,10-11,13-16,18,22,30H,4-6,9,12H2,1-3H3/t15?,16-,18+,22+/m0/s1. The van der Waals surface area contributed by atoms with E-state index in [4.69, 9.17) is 19.0 Å². The molecule has 0 heterocycles. The van der Waals surface area contributed by atoms with Crippen LogP contribution < -0.4 is 14.2 Å². The zero-order valence-electron chi connectivity index (χ0n) is 21.3. The molecule has 12 heteroatoms. The van der Waals surface area contributed by atoms with Crippen molar-refractivity contribution in [2.24, 2.45) is 17.0 Å². The molecule has 2 aliphatic rings. The number of halogens is 2. The molecule has 206 valence electrons. The molecule has 9 nitrogen and oxygen atoms in total. The molecule has 2 fully saturated rings. The summed E-state index contributed by atoms with van der Waals surface area (Å²) in [6.45, 7) is 3.53. The van der Waals surface area contributed by atoms with E-state index >= 15 is 0 Å². The zero-order chi connectivity index (χ0) is 27.4. The van der Waals surface area contributed by atoms with Gasteiger partial charge in [-0.2, -0.15) is 0 Å². The van der Waals surface area contributed by atoms with Crippen LogP contribution in [0.4, 0.5) is 0 Å². The zero-order valence-corrected chi connectivity index (χ0v) is 25.3. The fourth-order valence-corrected chi connectivity index (χ4v) is 7.82. The first kappa shape index (κ1) is 28.8. The van der Waals surface area contributed by atoms with Crippen LogP contribution in [0.1, 0.15) is 45.1 Å². The summed E-state index contributed by atoms with van der Waals surface area (Å²) in [5, 5.41) is 3.86. The predicted octanol–water partition coefficient (Wildman–Crippen LogP) is 5.78. The molecule has 2 aromatic rings. The Hall–Kier alpha value is -2.15. The molecule has 1 N–H and O–H groups in total. The third kappa shape index (κ3) is 6.70. The van der Waals surface area contributed by atoms with E-state index < -0.39 is 22.1 Å². The third-order valence-corrected chi connectivity index (χ3v) is 9.44. The number of ether oxygens (including phenoxy) is 3. The fraction of sp³-hybridized carbons (Fsp3) is 0.462. The second-order valence-electron chi connectivity index (χ2n) is 9.37. The summed E-state index contributed by atoms with van der Waals surface area (Å²) in [5.74, 6) is 1.52. The van der Waals surface area contributed by atoms with Crippen LogP contribution >= 0.6 is 31.9 Å². The van der Waals surface area contributed by atoms with Crippen molar-refractivity contribution in [2.45, 2.75) is 56.6 Å². The average molecular weight is 674 g/mol. The number of carbonyl (C=O) groups excluding carboxylic acids is 1. The van der Waals surface area contributed by atoms with Crippen LogP contribution in [0.3, 0.4) is 0 Å². The SMILES string of the molecule is CCOC(=O)C(C)ON=Cc1cc(Br)c(Oc2ccc(OC)c(S(=O)(=O)N[C@@H]3C[C@H]4CC[C@@H]3C4)c2)c(Br)c1. The Bertz CT molecular complexity index is 1300. The highest BCUT2D eigenvalue weighted by molar-refractivity contribution is 9.11. The molecule has 0 spiro atoms. The minimum absolute atomic E-state index is 0.0316. The van der Waals surface area contributed by atoms with E-state index in [1.54, 1.807) is 38.1 Å². The van der Waals surface area contributed by atoms with E-state index in [-0.39, 0.29) is 23.3 Å². The maximum Gasteiger partial charge on any atom is 0.349 e. The molecule has 4 rings (SSSR count). The molecule has 0 saturated heterocycles. The monoisotopic (exact) mass is 672 g/mol. The number of oxime groups is 1. The second kappa shape index (κ2) is 12.4. The van der Waals surface area contributed by atoms with Crippen molar-refractivity contribution in [1.29, 1.82) is 0 Å². The molecule has 4 atom stereocenters. The maximum absolute atomic E-state index is 13.3. The van der Waals surface area contributed by atoms with E-state index in [1.165, 1.54) is 25.8 Å². The largest absolute Gasteiger partial charge is 0.495 e. The normalized spacial score (nSPS) is 21.4. The van der Waals surface area contributed by atoms with Crippen molar-refractivity contribution >= 4 is 54.1 Å². The van der Waals surface area contributed by atoms with Gasteiger partial charge in [0.2, 0.25) is 16.1 Å². The van der Waals surface area contributed by atoms with Gasteiger partial charge in [0.25, 0.3) is 0 Å². The third-order valence-electron chi connectivity index (χ3n) is 6.75. The fourth-order valence-electron chi connectivity index (χ4n) is 4.94. The van der Waals surface area contributed by atoms with Gasteiger partial charge in [-0.05, 0) is 107 Å². The van der Waals surface area contributed by atoms with Gasteiger partial charge in [0.1, 0.15) is 16.4 Å². The van der Waals surface area contributed by atoms with Crippen LogP contribution in [0.2, 0.25) is 0 Å². The van der Waals surface area contributed by atoms with Crippen LogP contribution in [-0.2, 0) is 24.4 Å². The van der Waals surface area contributed by atoms with Crippen molar-refractivity contribution in [3.8, 4) is 17.2 Å². The Balaban J connectivity index is 1.50. The van der Waals surface area contributed by atoms with E-state index in [0.29, 0.717) is 37.8 Å². The van der Waals surface area contributed by atoms with Crippen LogP contribution in [0.15, 0.2) is 49.3 Å². The lowest BCUT2D eigenvalue weighted by Gasteiger charge is -2.23. The molecule has 0 radical (unpaired) electrons. The van der Waals surface area contributed by atoms with Gasteiger partial charge in [0.05, 0.1) is 28.9 Å². The Morgan fingerprint density at radius 3 is 2.53 bits per heavy atom. The molecule has 38 heavy (non-hydrogen) atoms. The number of hydrogen-bond acceptors (Lipinski definition) is 8. The van der Waals surface area contributed by atoms with Crippen molar-refractivity contribution in [3.05, 3.63) is 44.8 Å². The summed E-state index contributed by atoms with van der Waals surface area (Å²) in [6.07, 6.45) is 4.84. The smallest absolute Gasteiger partial charge is 0.349 e. The summed E-state index contributed by atoms with van der Waals surface area (Å²) in [7, 11) is -2.38. The molecule has 1 unspecified atom stereocenters. The Morgan fingerprint density at radius 1 is 1.18 bits per heavy atom. The van der Waals surface area contributed by atoms with Gasteiger partial charge in [-0.1, -0.05) is 11.6 Å². The lowest BCUT2D eigenvalue weighted by atomic mass is 9.96. The molecule has 2 aliphatic carbocycles. The highest BCUT2D eigenvalue weighted by Gasteiger charge is 2.41. The number of esters is 1.